The molecule has 9 heteroatoms. The van der Waals surface area contributed by atoms with E-state index >= 15 is 0 Å². The molecule has 0 spiro atoms. The van der Waals surface area contributed by atoms with Gasteiger partial charge in [-0.15, -0.1) is 0 Å². The first-order valence-corrected chi connectivity index (χ1v) is 11.3. The first-order valence-electron chi connectivity index (χ1n) is 9.86. The molecular weight excluding hydrogens is 382 g/mol. The molecular formula is C19H29N3O5S. The molecule has 0 unspecified atom stereocenters. The van der Waals surface area contributed by atoms with Crippen LogP contribution in [0, 0.1) is 0 Å². The molecule has 1 atom stereocenters. The van der Waals surface area contributed by atoms with Crippen LogP contribution in [0.15, 0.2) is 23.1 Å². The standard InChI is InChI=1S/C19H29N3O5S/c1-3-22(4-2)28(24,25)15-7-8-17(21-9-12-26-13-10-21)16(14-15)20-19(23)18-6-5-11-27-18/h7-8,14,18H,3-6,9-13H2,1-2H3,(H,20,23)/t18-/m1/s1. The van der Waals surface area contributed by atoms with E-state index in [-0.39, 0.29) is 10.8 Å². The molecule has 2 saturated heterocycles. The van der Waals surface area contributed by atoms with Crippen molar-refractivity contribution in [3.63, 3.8) is 0 Å². The number of benzene rings is 1. The molecule has 2 aliphatic rings. The van der Waals surface area contributed by atoms with Crippen molar-refractivity contribution in [3.8, 4) is 0 Å². The Morgan fingerprint density at radius 2 is 1.93 bits per heavy atom. The second-order valence-electron chi connectivity index (χ2n) is 6.86. The first kappa shape index (κ1) is 21.0. The van der Waals surface area contributed by atoms with Crippen molar-refractivity contribution < 1.29 is 22.7 Å². The zero-order valence-corrected chi connectivity index (χ0v) is 17.3. The maximum Gasteiger partial charge on any atom is 0.253 e. The lowest BCUT2D eigenvalue weighted by Gasteiger charge is -2.31. The van der Waals surface area contributed by atoms with Crippen molar-refractivity contribution in [3.05, 3.63) is 18.2 Å². The maximum absolute atomic E-state index is 12.9. The second kappa shape index (κ2) is 9.21. The summed E-state index contributed by atoms with van der Waals surface area (Å²) in [6.45, 7) is 7.54. The van der Waals surface area contributed by atoms with Crippen LogP contribution in [0.3, 0.4) is 0 Å². The summed E-state index contributed by atoms with van der Waals surface area (Å²) in [7, 11) is -3.62. The molecule has 0 bridgehead atoms. The number of hydrogen-bond acceptors (Lipinski definition) is 6. The van der Waals surface area contributed by atoms with Gasteiger partial charge in [0.15, 0.2) is 0 Å². The SMILES string of the molecule is CCN(CC)S(=O)(=O)c1ccc(N2CCOCC2)c(NC(=O)[C@H]2CCCO2)c1. The average molecular weight is 412 g/mol. The van der Waals surface area contributed by atoms with Crippen molar-refractivity contribution in [2.45, 2.75) is 37.7 Å². The number of carbonyl (C=O) groups excluding carboxylic acids is 1. The Balaban J connectivity index is 1.94. The zero-order valence-electron chi connectivity index (χ0n) is 16.5. The summed E-state index contributed by atoms with van der Waals surface area (Å²) in [5.74, 6) is -0.232. The molecule has 2 heterocycles. The van der Waals surface area contributed by atoms with E-state index in [2.05, 4.69) is 10.2 Å². The predicted molar refractivity (Wildman–Crippen MR) is 107 cm³/mol. The minimum atomic E-state index is -3.62. The number of hydrogen-bond donors (Lipinski definition) is 1. The smallest absolute Gasteiger partial charge is 0.253 e. The van der Waals surface area contributed by atoms with Crippen LogP contribution >= 0.6 is 0 Å². The minimum absolute atomic E-state index is 0.177. The number of nitrogens with zero attached hydrogens (tertiary/aromatic N) is 2. The predicted octanol–water partition coefficient (Wildman–Crippen LogP) is 1.67. The van der Waals surface area contributed by atoms with Crippen LogP contribution in [0.2, 0.25) is 0 Å². The monoisotopic (exact) mass is 411 g/mol. The van der Waals surface area contributed by atoms with Gasteiger partial charge in [0.2, 0.25) is 10.0 Å². The molecule has 28 heavy (non-hydrogen) atoms. The van der Waals surface area contributed by atoms with E-state index in [0.717, 1.165) is 12.1 Å². The van der Waals surface area contributed by atoms with Gasteiger partial charge in [0.1, 0.15) is 6.10 Å². The Bertz CT molecular complexity index is 783. The highest BCUT2D eigenvalue weighted by molar-refractivity contribution is 7.89. The third kappa shape index (κ3) is 4.48. The maximum atomic E-state index is 12.9. The second-order valence-corrected chi connectivity index (χ2v) is 8.80. The Morgan fingerprint density at radius 3 is 2.54 bits per heavy atom. The van der Waals surface area contributed by atoms with Gasteiger partial charge in [-0.2, -0.15) is 4.31 Å². The highest BCUT2D eigenvalue weighted by Gasteiger charge is 2.27. The molecule has 1 aromatic rings. The molecule has 2 aliphatic heterocycles. The number of sulfonamides is 1. The van der Waals surface area contributed by atoms with Crippen LogP contribution in [0.25, 0.3) is 0 Å². The fraction of sp³-hybridized carbons (Fsp3) is 0.632. The van der Waals surface area contributed by atoms with Crippen LogP contribution in [0.4, 0.5) is 11.4 Å². The third-order valence-electron chi connectivity index (χ3n) is 5.14. The van der Waals surface area contributed by atoms with Crippen LogP contribution in [-0.2, 0) is 24.3 Å². The molecule has 0 aromatic heterocycles. The molecule has 0 radical (unpaired) electrons. The molecule has 8 nitrogen and oxygen atoms in total. The lowest BCUT2D eigenvalue weighted by molar-refractivity contribution is -0.124. The lowest BCUT2D eigenvalue weighted by atomic mass is 10.2. The number of carbonyl (C=O) groups is 1. The van der Waals surface area contributed by atoms with E-state index in [1.807, 2.05) is 13.8 Å². The number of morpholine rings is 1. The Morgan fingerprint density at radius 1 is 1.21 bits per heavy atom. The van der Waals surface area contributed by atoms with E-state index in [1.54, 1.807) is 18.2 Å². The number of amides is 1. The molecule has 0 saturated carbocycles. The first-order chi connectivity index (χ1) is 13.5. The summed E-state index contributed by atoms with van der Waals surface area (Å²) in [6, 6.07) is 4.94. The highest BCUT2D eigenvalue weighted by Crippen LogP contribution is 2.31. The molecule has 1 N–H and O–H groups in total. The number of ether oxygens (including phenoxy) is 2. The van der Waals surface area contributed by atoms with Gasteiger partial charge in [-0.05, 0) is 31.0 Å². The van der Waals surface area contributed by atoms with Crippen molar-refractivity contribution in [2.24, 2.45) is 0 Å². The Labute approximate surface area is 166 Å². The molecule has 1 aromatic carbocycles. The van der Waals surface area contributed by atoms with Gasteiger partial charge in [-0.1, -0.05) is 13.8 Å². The van der Waals surface area contributed by atoms with Gasteiger partial charge >= 0.3 is 0 Å². The van der Waals surface area contributed by atoms with Gasteiger partial charge in [-0.25, -0.2) is 8.42 Å². The van der Waals surface area contributed by atoms with Gasteiger partial charge in [0, 0.05) is 32.8 Å². The number of rotatable bonds is 7. The zero-order chi connectivity index (χ0) is 20.1. The molecule has 3 rings (SSSR count). The largest absolute Gasteiger partial charge is 0.378 e. The third-order valence-corrected chi connectivity index (χ3v) is 7.19. The van der Waals surface area contributed by atoms with Crippen LogP contribution < -0.4 is 10.2 Å². The Hall–Kier alpha value is -1.68. The summed E-state index contributed by atoms with van der Waals surface area (Å²) >= 11 is 0. The summed E-state index contributed by atoms with van der Waals surface area (Å²) in [5.41, 5.74) is 1.30. The molecule has 156 valence electrons. The quantitative estimate of drug-likeness (QED) is 0.734. The van der Waals surface area contributed by atoms with Gasteiger partial charge in [0.05, 0.1) is 29.5 Å². The Kier molecular flexibility index (Phi) is 6.92. The number of nitrogens with one attached hydrogen (secondary N) is 1. The molecule has 2 fully saturated rings. The van der Waals surface area contributed by atoms with Crippen LogP contribution in [0.5, 0.6) is 0 Å². The van der Waals surface area contributed by atoms with E-state index in [0.29, 0.717) is 58.1 Å². The van der Waals surface area contributed by atoms with Crippen molar-refractivity contribution >= 4 is 27.3 Å². The van der Waals surface area contributed by atoms with Gasteiger partial charge < -0.3 is 19.7 Å². The fourth-order valence-corrected chi connectivity index (χ4v) is 5.05. The van der Waals surface area contributed by atoms with Gasteiger partial charge in [-0.3, -0.25) is 4.79 Å². The molecule has 0 aliphatic carbocycles. The normalized spacial score (nSPS) is 20.5. The van der Waals surface area contributed by atoms with Crippen molar-refractivity contribution in [1.29, 1.82) is 0 Å². The summed E-state index contributed by atoms with van der Waals surface area (Å²) in [4.78, 5) is 14.9. The van der Waals surface area contributed by atoms with E-state index in [1.165, 1.54) is 4.31 Å². The van der Waals surface area contributed by atoms with E-state index in [9.17, 15) is 13.2 Å². The molecule has 1 amide bonds. The average Bonchev–Trinajstić information content (AvgIpc) is 3.24. The fourth-order valence-electron chi connectivity index (χ4n) is 3.57. The topological polar surface area (TPSA) is 88.2 Å². The highest BCUT2D eigenvalue weighted by atomic mass is 32.2. The lowest BCUT2D eigenvalue weighted by Crippen LogP contribution is -2.37. The number of anilines is 2. The van der Waals surface area contributed by atoms with Crippen LogP contribution in [-0.4, -0.2) is 70.7 Å². The minimum Gasteiger partial charge on any atom is -0.378 e. The van der Waals surface area contributed by atoms with E-state index < -0.39 is 16.1 Å². The summed E-state index contributed by atoms with van der Waals surface area (Å²) in [5, 5.41) is 2.91. The summed E-state index contributed by atoms with van der Waals surface area (Å²) in [6.07, 6.45) is 1.04. The van der Waals surface area contributed by atoms with E-state index in [4.69, 9.17) is 9.47 Å². The van der Waals surface area contributed by atoms with Crippen molar-refractivity contribution in [1.82, 2.24) is 4.31 Å². The van der Waals surface area contributed by atoms with Crippen LogP contribution in [0.1, 0.15) is 26.7 Å². The van der Waals surface area contributed by atoms with Crippen molar-refractivity contribution in [2.75, 3.05) is 56.2 Å². The van der Waals surface area contributed by atoms with Gasteiger partial charge in [0.25, 0.3) is 5.91 Å². The summed E-state index contributed by atoms with van der Waals surface area (Å²) < 4.78 is 38.1.